The third kappa shape index (κ3) is 6.37. The lowest BCUT2D eigenvalue weighted by atomic mass is 10.0. The van der Waals surface area contributed by atoms with E-state index in [4.69, 9.17) is 4.74 Å². The highest BCUT2D eigenvalue weighted by molar-refractivity contribution is 7.89. The van der Waals surface area contributed by atoms with Gasteiger partial charge >= 0.3 is 0 Å². The van der Waals surface area contributed by atoms with Gasteiger partial charge in [-0.1, -0.05) is 44.2 Å². The Kier molecular flexibility index (Phi) is 8.17. The van der Waals surface area contributed by atoms with Crippen LogP contribution in [0.25, 0.3) is 0 Å². The number of nitrogens with zero attached hydrogens (tertiary/aromatic N) is 1. The maximum atomic E-state index is 14.4. The summed E-state index contributed by atoms with van der Waals surface area (Å²) in [6.07, 6.45) is 0.121. The molecule has 0 unspecified atom stereocenters. The molecule has 2 N–H and O–H groups in total. The van der Waals surface area contributed by atoms with Crippen LogP contribution in [0.4, 0.5) is 10.1 Å². The standard InChI is InChI=1S/C23H28FN3O5S/c1-16(2)22(26-21(28)14-17-6-4-3-5-7-17)23(29)25-18-8-9-19(24)20(15-18)33(30,31)27-10-12-32-13-11-27/h3-9,15-16,22H,10-14H2,1-2H3,(H,25,29)(H,26,28)/t22-/m0/s1. The van der Waals surface area contributed by atoms with Gasteiger partial charge in [-0.2, -0.15) is 4.31 Å². The van der Waals surface area contributed by atoms with Gasteiger partial charge in [0.2, 0.25) is 21.8 Å². The van der Waals surface area contributed by atoms with E-state index in [2.05, 4.69) is 10.6 Å². The van der Waals surface area contributed by atoms with Crippen molar-refractivity contribution in [1.82, 2.24) is 9.62 Å². The number of rotatable bonds is 8. The lowest BCUT2D eigenvalue weighted by Gasteiger charge is -2.26. The quantitative estimate of drug-likeness (QED) is 0.606. The summed E-state index contributed by atoms with van der Waals surface area (Å²) >= 11 is 0. The molecule has 0 radical (unpaired) electrons. The van der Waals surface area contributed by atoms with Crippen molar-refractivity contribution in [3.63, 3.8) is 0 Å². The summed E-state index contributed by atoms with van der Waals surface area (Å²) in [6.45, 7) is 4.28. The molecule has 0 aromatic heterocycles. The average Bonchev–Trinajstić information content (AvgIpc) is 2.79. The number of carbonyl (C=O) groups excluding carboxylic acids is 2. The number of anilines is 1. The van der Waals surface area contributed by atoms with Crippen LogP contribution in [-0.2, 0) is 30.8 Å². The van der Waals surface area contributed by atoms with E-state index in [9.17, 15) is 22.4 Å². The van der Waals surface area contributed by atoms with Crippen molar-refractivity contribution in [2.75, 3.05) is 31.6 Å². The summed E-state index contributed by atoms with van der Waals surface area (Å²) in [5, 5.41) is 5.33. The Morgan fingerprint density at radius 3 is 2.39 bits per heavy atom. The Morgan fingerprint density at radius 2 is 1.76 bits per heavy atom. The molecule has 10 heteroatoms. The van der Waals surface area contributed by atoms with Crippen LogP contribution in [0.3, 0.4) is 0 Å². The highest BCUT2D eigenvalue weighted by atomic mass is 32.2. The molecule has 1 saturated heterocycles. The van der Waals surface area contributed by atoms with Gasteiger partial charge in [0.05, 0.1) is 19.6 Å². The number of amides is 2. The van der Waals surface area contributed by atoms with Gasteiger partial charge in [-0.3, -0.25) is 9.59 Å². The normalized spacial score (nSPS) is 15.8. The fourth-order valence-electron chi connectivity index (χ4n) is 3.47. The van der Waals surface area contributed by atoms with Crippen LogP contribution < -0.4 is 10.6 Å². The fourth-order valence-corrected chi connectivity index (χ4v) is 4.96. The molecule has 33 heavy (non-hydrogen) atoms. The van der Waals surface area contributed by atoms with Crippen molar-refractivity contribution in [2.45, 2.75) is 31.2 Å². The first-order valence-corrected chi connectivity index (χ1v) is 12.1. The molecule has 1 atom stereocenters. The Bertz CT molecular complexity index is 1090. The molecule has 0 aliphatic carbocycles. The van der Waals surface area contributed by atoms with Crippen molar-refractivity contribution in [2.24, 2.45) is 5.92 Å². The smallest absolute Gasteiger partial charge is 0.247 e. The van der Waals surface area contributed by atoms with Gasteiger partial charge in [0.15, 0.2) is 0 Å². The molecule has 0 spiro atoms. The largest absolute Gasteiger partial charge is 0.379 e. The number of hydrogen-bond acceptors (Lipinski definition) is 5. The van der Waals surface area contributed by atoms with E-state index in [1.165, 1.54) is 6.07 Å². The van der Waals surface area contributed by atoms with Crippen molar-refractivity contribution in [3.05, 3.63) is 59.9 Å². The van der Waals surface area contributed by atoms with Crippen LogP contribution in [-0.4, -0.2) is 56.9 Å². The lowest BCUT2D eigenvalue weighted by molar-refractivity contribution is -0.127. The maximum absolute atomic E-state index is 14.4. The Hall–Kier alpha value is -2.82. The molecule has 3 rings (SSSR count). The molecule has 2 aromatic rings. The fraction of sp³-hybridized carbons (Fsp3) is 0.391. The molecule has 2 amide bonds. The van der Waals surface area contributed by atoms with E-state index in [1.807, 2.05) is 30.3 Å². The minimum absolute atomic E-state index is 0.121. The first kappa shape index (κ1) is 24.8. The first-order valence-electron chi connectivity index (χ1n) is 10.7. The molecule has 1 fully saturated rings. The second-order valence-electron chi connectivity index (χ2n) is 8.10. The first-order chi connectivity index (χ1) is 15.7. The highest BCUT2D eigenvalue weighted by Gasteiger charge is 2.30. The summed E-state index contributed by atoms with van der Waals surface area (Å²) < 4.78 is 46.5. The molecule has 0 bridgehead atoms. The number of carbonyl (C=O) groups is 2. The van der Waals surface area contributed by atoms with Crippen molar-refractivity contribution < 1.29 is 27.1 Å². The molecule has 178 valence electrons. The summed E-state index contributed by atoms with van der Waals surface area (Å²) in [4.78, 5) is 24.8. The maximum Gasteiger partial charge on any atom is 0.247 e. The van der Waals surface area contributed by atoms with E-state index < -0.39 is 32.7 Å². The van der Waals surface area contributed by atoms with Gasteiger partial charge in [0.25, 0.3) is 0 Å². The Balaban J connectivity index is 1.73. The van der Waals surface area contributed by atoms with Crippen LogP contribution in [0.15, 0.2) is 53.4 Å². The number of halogens is 1. The molecular formula is C23H28FN3O5S. The summed E-state index contributed by atoms with van der Waals surface area (Å²) in [7, 11) is -4.08. The van der Waals surface area contributed by atoms with Crippen LogP contribution in [0, 0.1) is 11.7 Å². The number of nitrogens with one attached hydrogen (secondary N) is 2. The molecule has 0 saturated carbocycles. The van der Waals surface area contributed by atoms with Crippen LogP contribution in [0.2, 0.25) is 0 Å². The summed E-state index contributed by atoms with van der Waals surface area (Å²) in [5.74, 6) is -1.98. The van der Waals surface area contributed by atoms with Gasteiger partial charge in [-0.15, -0.1) is 0 Å². The van der Waals surface area contributed by atoms with E-state index in [1.54, 1.807) is 13.8 Å². The molecule has 1 aliphatic heterocycles. The average molecular weight is 478 g/mol. The third-order valence-corrected chi connectivity index (χ3v) is 7.17. The summed E-state index contributed by atoms with van der Waals surface area (Å²) in [6, 6.07) is 11.7. The van der Waals surface area contributed by atoms with E-state index in [0.29, 0.717) is 0 Å². The minimum Gasteiger partial charge on any atom is -0.379 e. The Labute approximate surface area is 193 Å². The second-order valence-corrected chi connectivity index (χ2v) is 10.0. The predicted octanol–water partition coefficient (Wildman–Crippen LogP) is 2.17. The van der Waals surface area contributed by atoms with Gasteiger partial charge in [-0.25, -0.2) is 12.8 Å². The van der Waals surface area contributed by atoms with Crippen molar-refractivity contribution >= 4 is 27.5 Å². The van der Waals surface area contributed by atoms with E-state index in [0.717, 1.165) is 22.0 Å². The molecule has 2 aromatic carbocycles. The number of sulfonamides is 1. The Morgan fingerprint density at radius 1 is 1.09 bits per heavy atom. The SMILES string of the molecule is CC(C)[C@H](NC(=O)Cc1ccccc1)C(=O)Nc1ccc(F)c(S(=O)(=O)N2CCOCC2)c1. The van der Waals surface area contributed by atoms with E-state index >= 15 is 0 Å². The number of morpholine rings is 1. The molecule has 1 heterocycles. The van der Waals surface area contributed by atoms with Gasteiger partial charge in [0, 0.05) is 18.8 Å². The zero-order valence-corrected chi connectivity index (χ0v) is 19.4. The third-order valence-electron chi connectivity index (χ3n) is 5.26. The van der Waals surface area contributed by atoms with Gasteiger partial charge < -0.3 is 15.4 Å². The summed E-state index contributed by atoms with van der Waals surface area (Å²) in [5.41, 5.74) is 0.936. The number of ether oxygens (including phenoxy) is 1. The number of benzene rings is 2. The number of hydrogen-bond donors (Lipinski definition) is 2. The van der Waals surface area contributed by atoms with Crippen molar-refractivity contribution in [1.29, 1.82) is 0 Å². The second kappa shape index (κ2) is 10.9. The minimum atomic E-state index is -4.08. The molecule has 1 aliphatic rings. The predicted molar refractivity (Wildman–Crippen MR) is 122 cm³/mol. The lowest BCUT2D eigenvalue weighted by Crippen LogP contribution is -2.47. The monoisotopic (exact) mass is 477 g/mol. The van der Waals surface area contributed by atoms with Crippen LogP contribution in [0.5, 0.6) is 0 Å². The zero-order valence-electron chi connectivity index (χ0n) is 18.6. The van der Waals surface area contributed by atoms with E-state index in [-0.39, 0.29) is 50.2 Å². The van der Waals surface area contributed by atoms with Crippen molar-refractivity contribution in [3.8, 4) is 0 Å². The van der Waals surface area contributed by atoms with Crippen LogP contribution in [0.1, 0.15) is 19.4 Å². The topological polar surface area (TPSA) is 105 Å². The van der Waals surface area contributed by atoms with Gasteiger partial charge in [-0.05, 0) is 29.7 Å². The zero-order chi connectivity index (χ0) is 24.0. The molecular weight excluding hydrogens is 449 g/mol. The van der Waals surface area contributed by atoms with Gasteiger partial charge in [0.1, 0.15) is 16.8 Å². The molecule has 8 nitrogen and oxygen atoms in total. The highest BCUT2D eigenvalue weighted by Crippen LogP contribution is 2.24. The van der Waals surface area contributed by atoms with Crippen LogP contribution >= 0.6 is 0 Å².